The molecule has 1 atom stereocenters. The number of benzene rings is 1. The van der Waals surface area contributed by atoms with Crippen LogP contribution in [0, 0.1) is 17.5 Å². The molecule has 2 rings (SSSR count). The standard InChI is InChI=1S/C12H11F3O/c1-12(5-4-7(16)6-12)8-2-3-9(13)11(15)10(8)14/h2-3H,4-6H2,1H3. The maximum absolute atomic E-state index is 13.6. The van der Waals surface area contributed by atoms with Crippen molar-refractivity contribution in [1.82, 2.24) is 0 Å². The van der Waals surface area contributed by atoms with E-state index in [4.69, 9.17) is 0 Å². The van der Waals surface area contributed by atoms with Crippen LogP contribution < -0.4 is 0 Å². The SMILES string of the molecule is CC1(c2ccc(F)c(F)c2F)CCC(=O)C1. The predicted molar refractivity (Wildman–Crippen MR) is 52.5 cm³/mol. The highest BCUT2D eigenvalue weighted by Crippen LogP contribution is 2.40. The van der Waals surface area contributed by atoms with E-state index in [0.717, 1.165) is 6.07 Å². The zero-order valence-electron chi connectivity index (χ0n) is 8.82. The molecule has 86 valence electrons. The van der Waals surface area contributed by atoms with Gasteiger partial charge in [-0.15, -0.1) is 0 Å². The average molecular weight is 228 g/mol. The molecule has 1 saturated carbocycles. The summed E-state index contributed by atoms with van der Waals surface area (Å²) < 4.78 is 39.4. The van der Waals surface area contributed by atoms with Gasteiger partial charge in [-0.3, -0.25) is 4.79 Å². The second-order valence-corrected chi connectivity index (χ2v) is 4.50. The summed E-state index contributed by atoms with van der Waals surface area (Å²) in [6.45, 7) is 1.70. The van der Waals surface area contributed by atoms with E-state index in [0.29, 0.717) is 12.8 Å². The van der Waals surface area contributed by atoms with E-state index >= 15 is 0 Å². The first-order chi connectivity index (χ1) is 7.44. The van der Waals surface area contributed by atoms with Crippen LogP contribution in [0.1, 0.15) is 31.7 Å². The van der Waals surface area contributed by atoms with Gasteiger partial charge in [-0.25, -0.2) is 13.2 Å². The van der Waals surface area contributed by atoms with Crippen molar-refractivity contribution in [3.05, 3.63) is 35.1 Å². The molecule has 1 aromatic rings. The van der Waals surface area contributed by atoms with Crippen LogP contribution in [-0.4, -0.2) is 5.78 Å². The highest BCUT2D eigenvalue weighted by atomic mass is 19.2. The Balaban J connectivity index is 2.49. The minimum Gasteiger partial charge on any atom is -0.300 e. The predicted octanol–water partition coefficient (Wildman–Crippen LogP) is 3.11. The Morgan fingerprint density at radius 1 is 1.19 bits per heavy atom. The van der Waals surface area contributed by atoms with Gasteiger partial charge in [0.2, 0.25) is 0 Å². The van der Waals surface area contributed by atoms with Crippen LogP contribution in [0.15, 0.2) is 12.1 Å². The summed E-state index contributed by atoms with van der Waals surface area (Å²) in [4.78, 5) is 11.2. The molecule has 1 aromatic carbocycles. The Hall–Kier alpha value is -1.32. The lowest BCUT2D eigenvalue weighted by Crippen LogP contribution is -2.20. The molecule has 1 fully saturated rings. The molecule has 0 N–H and O–H groups in total. The topological polar surface area (TPSA) is 17.1 Å². The lowest BCUT2D eigenvalue weighted by Gasteiger charge is -2.23. The van der Waals surface area contributed by atoms with Gasteiger partial charge in [-0.2, -0.15) is 0 Å². The van der Waals surface area contributed by atoms with Crippen molar-refractivity contribution in [2.45, 2.75) is 31.6 Å². The third-order valence-corrected chi connectivity index (χ3v) is 3.23. The maximum atomic E-state index is 13.6. The summed E-state index contributed by atoms with van der Waals surface area (Å²) in [5, 5.41) is 0. The lowest BCUT2D eigenvalue weighted by molar-refractivity contribution is -0.117. The maximum Gasteiger partial charge on any atom is 0.194 e. The molecule has 0 aromatic heterocycles. The molecule has 4 heteroatoms. The van der Waals surface area contributed by atoms with E-state index in [1.54, 1.807) is 6.92 Å². The first-order valence-electron chi connectivity index (χ1n) is 5.10. The van der Waals surface area contributed by atoms with E-state index in [1.165, 1.54) is 6.07 Å². The Morgan fingerprint density at radius 3 is 2.44 bits per heavy atom. The Morgan fingerprint density at radius 2 is 1.88 bits per heavy atom. The highest BCUT2D eigenvalue weighted by molar-refractivity contribution is 5.82. The molecule has 0 amide bonds. The first kappa shape index (κ1) is 11.2. The molecule has 1 aliphatic rings. The minimum absolute atomic E-state index is 0.0339. The van der Waals surface area contributed by atoms with Crippen LogP contribution in [0.2, 0.25) is 0 Å². The zero-order valence-corrected chi connectivity index (χ0v) is 8.82. The van der Waals surface area contributed by atoms with E-state index < -0.39 is 22.9 Å². The van der Waals surface area contributed by atoms with Gasteiger partial charge in [0.1, 0.15) is 5.78 Å². The minimum atomic E-state index is -1.46. The van der Waals surface area contributed by atoms with Gasteiger partial charge < -0.3 is 0 Å². The molecule has 1 nitrogen and oxygen atoms in total. The summed E-state index contributed by atoms with van der Waals surface area (Å²) in [7, 11) is 0. The van der Waals surface area contributed by atoms with Gasteiger partial charge in [0.15, 0.2) is 17.5 Å². The van der Waals surface area contributed by atoms with Gasteiger partial charge in [0.05, 0.1) is 0 Å². The summed E-state index contributed by atoms with van der Waals surface area (Å²) in [5.41, 5.74) is -0.604. The van der Waals surface area contributed by atoms with Gasteiger partial charge in [0, 0.05) is 18.3 Å². The van der Waals surface area contributed by atoms with Crippen LogP contribution >= 0.6 is 0 Å². The summed E-state index contributed by atoms with van der Waals surface area (Å²) >= 11 is 0. The second kappa shape index (κ2) is 3.61. The summed E-state index contributed by atoms with van der Waals surface area (Å²) in [6.07, 6.45) is 1.04. The third kappa shape index (κ3) is 1.62. The number of carbonyl (C=O) groups is 1. The second-order valence-electron chi connectivity index (χ2n) is 4.50. The Labute approximate surface area is 91.3 Å². The molecule has 0 saturated heterocycles. The summed E-state index contributed by atoms with van der Waals surface area (Å²) in [6, 6.07) is 2.13. The highest BCUT2D eigenvalue weighted by Gasteiger charge is 2.38. The molecule has 1 unspecified atom stereocenters. The van der Waals surface area contributed by atoms with E-state index in [-0.39, 0.29) is 17.8 Å². The molecule has 0 bridgehead atoms. The number of halogens is 3. The van der Waals surface area contributed by atoms with Crippen LogP contribution in [0.5, 0.6) is 0 Å². The fourth-order valence-electron chi connectivity index (χ4n) is 2.25. The normalized spacial score (nSPS) is 25.1. The van der Waals surface area contributed by atoms with Crippen LogP contribution in [0.4, 0.5) is 13.2 Å². The number of rotatable bonds is 1. The van der Waals surface area contributed by atoms with Crippen molar-refractivity contribution < 1.29 is 18.0 Å². The van der Waals surface area contributed by atoms with Gasteiger partial charge in [0.25, 0.3) is 0 Å². The van der Waals surface area contributed by atoms with Crippen molar-refractivity contribution in [2.75, 3.05) is 0 Å². The van der Waals surface area contributed by atoms with Crippen molar-refractivity contribution in [1.29, 1.82) is 0 Å². The quantitative estimate of drug-likeness (QED) is 0.675. The largest absolute Gasteiger partial charge is 0.300 e. The van der Waals surface area contributed by atoms with Crippen LogP contribution in [0.25, 0.3) is 0 Å². The zero-order chi connectivity index (χ0) is 11.9. The molecule has 0 radical (unpaired) electrons. The molecule has 0 heterocycles. The molecular weight excluding hydrogens is 217 g/mol. The third-order valence-electron chi connectivity index (χ3n) is 3.23. The molecule has 0 aliphatic heterocycles. The van der Waals surface area contributed by atoms with E-state index in [2.05, 4.69) is 0 Å². The number of hydrogen-bond acceptors (Lipinski definition) is 1. The van der Waals surface area contributed by atoms with E-state index in [1.807, 2.05) is 0 Å². The van der Waals surface area contributed by atoms with Crippen LogP contribution in [-0.2, 0) is 10.2 Å². The van der Waals surface area contributed by atoms with Crippen molar-refractivity contribution >= 4 is 5.78 Å². The monoisotopic (exact) mass is 228 g/mol. The Bertz CT molecular complexity index is 456. The van der Waals surface area contributed by atoms with Gasteiger partial charge in [-0.05, 0) is 18.1 Å². The number of Topliss-reactive ketones (excluding diaryl/α,β-unsaturated/α-hetero) is 1. The first-order valence-corrected chi connectivity index (χ1v) is 5.10. The molecule has 1 aliphatic carbocycles. The van der Waals surface area contributed by atoms with Gasteiger partial charge >= 0.3 is 0 Å². The van der Waals surface area contributed by atoms with Gasteiger partial charge in [-0.1, -0.05) is 13.0 Å². The van der Waals surface area contributed by atoms with Crippen molar-refractivity contribution in [3.8, 4) is 0 Å². The van der Waals surface area contributed by atoms with Crippen LogP contribution in [0.3, 0.4) is 0 Å². The number of carbonyl (C=O) groups excluding carboxylic acids is 1. The smallest absolute Gasteiger partial charge is 0.194 e. The van der Waals surface area contributed by atoms with E-state index in [9.17, 15) is 18.0 Å². The summed E-state index contributed by atoms with van der Waals surface area (Å²) in [5.74, 6) is -3.80. The fourth-order valence-corrected chi connectivity index (χ4v) is 2.25. The fraction of sp³-hybridized carbons (Fsp3) is 0.417. The average Bonchev–Trinajstić information content (AvgIpc) is 2.56. The molecule has 16 heavy (non-hydrogen) atoms. The molecule has 0 spiro atoms. The number of hydrogen-bond donors (Lipinski definition) is 0. The van der Waals surface area contributed by atoms with Crippen molar-refractivity contribution in [2.24, 2.45) is 0 Å². The van der Waals surface area contributed by atoms with Crippen molar-refractivity contribution in [3.63, 3.8) is 0 Å². The Kier molecular flexibility index (Phi) is 2.52. The lowest BCUT2D eigenvalue weighted by atomic mass is 9.80. The molecular formula is C12H11F3O. The number of ketones is 1.